The fourth-order valence-electron chi connectivity index (χ4n) is 2.02. The highest BCUT2D eigenvalue weighted by Gasteiger charge is 2.00. The lowest BCUT2D eigenvalue weighted by atomic mass is 10.1. The van der Waals surface area contributed by atoms with Gasteiger partial charge in [0.25, 0.3) is 0 Å². The predicted molar refractivity (Wildman–Crippen MR) is 95.7 cm³/mol. The van der Waals surface area contributed by atoms with Gasteiger partial charge < -0.3 is 15.8 Å². The average molecular weight is 323 g/mol. The Hall–Kier alpha value is -3.08. The molecule has 0 radical (unpaired) electrons. The summed E-state index contributed by atoms with van der Waals surface area (Å²) in [5.74, 6) is 0.0590. The third-order valence-corrected chi connectivity index (χ3v) is 3.33. The number of carbonyl (C=O) groups is 1. The van der Waals surface area contributed by atoms with Crippen LogP contribution in [-0.2, 0) is 11.3 Å². The molecule has 2 aromatic rings. The van der Waals surface area contributed by atoms with E-state index >= 15 is 0 Å². The van der Waals surface area contributed by atoms with Crippen LogP contribution in [0.4, 0.5) is 4.79 Å². The summed E-state index contributed by atoms with van der Waals surface area (Å²) in [7, 11) is 0. The third-order valence-electron chi connectivity index (χ3n) is 3.33. The Morgan fingerprint density at radius 1 is 1.12 bits per heavy atom. The van der Waals surface area contributed by atoms with Crippen LogP contribution in [-0.4, -0.2) is 18.5 Å². The zero-order valence-electron chi connectivity index (χ0n) is 13.4. The maximum atomic E-state index is 11.6. The minimum atomic E-state index is -0.418. The molecule has 0 heterocycles. The van der Waals surface area contributed by atoms with Crippen LogP contribution in [0.15, 0.2) is 60.7 Å². The van der Waals surface area contributed by atoms with Crippen LogP contribution in [0.5, 0.6) is 0 Å². The quantitative estimate of drug-likeness (QED) is 0.415. The molecular weight excluding hydrogens is 302 g/mol. The van der Waals surface area contributed by atoms with Crippen molar-refractivity contribution in [3.05, 3.63) is 77.4 Å². The lowest BCUT2D eigenvalue weighted by Gasteiger charge is -2.05. The van der Waals surface area contributed by atoms with Gasteiger partial charge in [-0.05, 0) is 17.5 Å². The minimum Gasteiger partial charge on any atom is -0.445 e. The summed E-state index contributed by atoms with van der Waals surface area (Å²) >= 11 is 0. The first-order valence-electron chi connectivity index (χ1n) is 7.71. The molecule has 0 aliphatic rings. The second-order valence-corrected chi connectivity index (χ2v) is 5.22. The lowest BCUT2D eigenvalue weighted by Crippen LogP contribution is -2.24. The van der Waals surface area contributed by atoms with Crippen molar-refractivity contribution < 1.29 is 9.53 Å². The molecule has 0 aliphatic heterocycles. The smallest absolute Gasteiger partial charge is 0.407 e. The Balaban J connectivity index is 1.65. The number of rotatable bonds is 7. The fourth-order valence-corrected chi connectivity index (χ4v) is 2.02. The van der Waals surface area contributed by atoms with Crippen LogP contribution in [0.1, 0.15) is 23.1 Å². The van der Waals surface area contributed by atoms with Crippen LogP contribution in [0.2, 0.25) is 0 Å². The van der Waals surface area contributed by atoms with E-state index < -0.39 is 6.09 Å². The molecule has 0 atom stereocenters. The summed E-state index contributed by atoms with van der Waals surface area (Å²) in [5, 5.41) is 10.0. The zero-order valence-corrected chi connectivity index (χ0v) is 13.4. The van der Waals surface area contributed by atoms with Crippen LogP contribution in [0.25, 0.3) is 6.08 Å². The van der Waals surface area contributed by atoms with Crippen molar-refractivity contribution in [2.24, 2.45) is 5.73 Å². The van der Waals surface area contributed by atoms with Gasteiger partial charge in [-0.15, -0.1) is 0 Å². The molecule has 0 spiro atoms. The standard InChI is InChI=1S/C19H21N3O2/c20-18(21)17-11-9-15(10-12-17)6-4-5-13-22-19(23)24-14-16-7-2-1-3-8-16/h1-4,6-12H,5,13-14H2,(H3,20,21)(H,22,23). The van der Waals surface area contributed by atoms with Gasteiger partial charge in [0.15, 0.2) is 0 Å². The van der Waals surface area contributed by atoms with E-state index in [1.54, 1.807) is 12.1 Å². The number of carbonyl (C=O) groups excluding carboxylic acids is 1. The Kier molecular flexibility index (Phi) is 6.58. The number of hydrogen-bond donors (Lipinski definition) is 3. The molecule has 5 nitrogen and oxygen atoms in total. The molecule has 24 heavy (non-hydrogen) atoms. The highest BCUT2D eigenvalue weighted by molar-refractivity contribution is 5.95. The average Bonchev–Trinajstić information content (AvgIpc) is 2.61. The molecule has 0 saturated heterocycles. The number of amides is 1. The largest absolute Gasteiger partial charge is 0.445 e. The molecule has 0 fully saturated rings. The van der Waals surface area contributed by atoms with E-state index in [0.717, 1.165) is 11.1 Å². The minimum absolute atomic E-state index is 0.0590. The number of nitrogens with one attached hydrogen (secondary N) is 2. The third kappa shape index (κ3) is 5.96. The first-order chi connectivity index (χ1) is 11.6. The number of alkyl carbamates (subject to hydrolysis) is 1. The molecule has 124 valence electrons. The van der Waals surface area contributed by atoms with E-state index in [9.17, 15) is 4.79 Å². The SMILES string of the molecule is N=C(N)c1ccc(C=CCCNC(=O)OCc2ccccc2)cc1. The topological polar surface area (TPSA) is 88.2 Å². The summed E-state index contributed by atoms with van der Waals surface area (Å²) in [5.41, 5.74) is 8.09. The number of amidine groups is 1. The molecule has 2 aromatic carbocycles. The van der Waals surface area contributed by atoms with Crippen molar-refractivity contribution in [1.82, 2.24) is 5.32 Å². The van der Waals surface area contributed by atoms with Gasteiger partial charge in [0, 0.05) is 12.1 Å². The highest BCUT2D eigenvalue weighted by atomic mass is 16.5. The molecule has 0 unspecified atom stereocenters. The van der Waals surface area contributed by atoms with Gasteiger partial charge in [0.1, 0.15) is 12.4 Å². The molecule has 1 amide bonds. The van der Waals surface area contributed by atoms with E-state index in [-0.39, 0.29) is 12.4 Å². The van der Waals surface area contributed by atoms with E-state index in [1.807, 2.05) is 54.6 Å². The summed E-state index contributed by atoms with van der Waals surface area (Å²) in [6.07, 6.45) is 4.22. The monoisotopic (exact) mass is 323 g/mol. The molecule has 0 aromatic heterocycles. The Morgan fingerprint density at radius 3 is 2.50 bits per heavy atom. The van der Waals surface area contributed by atoms with Gasteiger partial charge >= 0.3 is 6.09 Å². The van der Waals surface area contributed by atoms with Gasteiger partial charge in [-0.25, -0.2) is 4.79 Å². The van der Waals surface area contributed by atoms with Crippen molar-refractivity contribution in [1.29, 1.82) is 5.41 Å². The lowest BCUT2D eigenvalue weighted by molar-refractivity contribution is 0.140. The van der Waals surface area contributed by atoms with Gasteiger partial charge in [-0.1, -0.05) is 66.7 Å². The number of ether oxygens (including phenoxy) is 1. The summed E-state index contributed by atoms with van der Waals surface area (Å²) < 4.78 is 5.12. The number of benzene rings is 2. The number of nitrogens with two attached hydrogens (primary N) is 1. The summed E-state index contributed by atoms with van der Waals surface area (Å²) in [6.45, 7) is 0.778. The second-order valence-electron chi connectivity index (χ2n) is 5.22. The number of nitrogen functional groups attached to an aromatic ring is 1. The van der Waals surface area contributed by atoms with Crippen LogP contribution >= 0.6 is 0 Å². The van der Waals surface area contributed by atoms with Crippen LogP contribution in [0.3, 0.4) is 0 Å². The Labute approximate surface area is 141 Å². The van der Waals surface area contributed by atoms with E-state index in [4.69, 9.17) is 15.9 Å². The van der Waals surface area contributed by atoms with Gasteiger partial charge in [-0.3, -0.25) is 5.41 Å². The second kappa shape index (κ2) is 9.15. The first kappa shape index (κ1) is 17.3. The van der Waals surface area contributed by atoms with Crippen LogP contribution < -0.4 is 11.1 Å². The molecule has 2 rings (SSSR count). The van der Waals surface area contributed by atoms with Crippen molar-refractivity contribution in [2.45, 2.75) is 13.0 Å². The predicted octanol–water partition coefficient (Wildman–Crippen LogP) is 3.30. The van der Waals surface area contributed by atoms with Gasteiger partial charge in [-0.2, -0.15) is 0 Å². The first-order valence-corrected chi connectivity index (χ1v) is 7.71. The van der Waals surface area contributed by atoms with Crippen LogP contribution in [0, 0.1) is 5.41 Å². The fraction of sp³-hybridized carbons (Fsp3) is 0.158. The maximum absolute atomic E-state index is 11.6. The van der Waals surface area contributed by atoms with Gasteiger partial charge in [0.2, 0.25) is 0 Å². The highest BCUT2D eigenvalue weighted by Crippen LogP contribution is 2.06. The summed E-state index contributed by atoms with van der Waals surface area (Å²) in [6, 6.07) is 17.0. The van der Waals surface area contributed by atoms with Gasteiger partial charge in [0.05, 0.1) is 0 Å². The van der Waals surface area contributed by atoms with Crippen molar-refractivity contribution in [3.8, 4) is 0 Å². The number of hydrogen-bond acceptors (Lipinski definition) is 3. The van der Waals surface area contributed by atoms with E-state index in [1.165, 1.54) is 0 Å². The molecule has 0 aliphatic carbocycles. The molecule has 4 N–H and O–H groups in total. The normalized spacial score (nSPS) is 10.5. The van der Waals surface area contributed by atoms with E-state index in [2.05, 4.69) is 5.32 Å². The van der Waals surface area contributed by atoms with Crippen molar-refractivity contribution in [3.63, 3.8) is 0 Å². The maximum Gasteiger partial charge on any atom is 0.407 e. The molecular formula is C19H21N3O2. The molecule has 5 heteroatoms. The van der Waals surface area contributed by atoms with E-state index in [0.29, 0.717) is 18.5 Å². The van der Waals surface area contributed by atoms with Crippen molar-refractivity contribution >= 4 is 18.0 Å². The Bertz CT molecular complexity index is 694. The van der Waals surface area contributed by atoms with Crippen molar-refractivity contribution in [2.75, 3.05) is 6.54 Å². The Morgan fingerprint density at radius 2 is 1.83 bits per heavy atom. The zero-order chi connectivity index (χ0) is 17.2. The summed E-state index contributed by atoms with van der Waals surface area (Å²) in [4.78, 5) is 11.6. The molecule has 0 saturated carbocycles. The molecule has 0 bridgehead atoms.